The number of hydrogen-bond acceptors (Lipinski definition) is 5. The van der Waals surface area contributed by atoms with Crippen molar-refractivity contribution in [2.75, 3.05) is 26.6 Å². The first-order valence-corrected chi connectivity index (χ1v) is 6.26. The Labute approximate surface area is 116 Å². The van der Waals surface area contributed by atoms with Crippen molar-refractivity contribution in [1.82, 2.24) is 0 Å². The fourth-order valence-electron chi connectivity index (χ4n) is 1.71. The molecule has 0 spiro atoms. The molecule has 0 bridgehead atoms. The van der Waals surface area contributed by atoms with Crippen molar-refractivity contribution < 1.29 is 28.8 Å². The number of hydrogen-bond donors (Lipinski definition) is 1. The van der Waals surface area contributed by atoms with Gasteiger partial charge in [0, 0.05) is 24.3 Å². The zero-order valence-corrected chi connectivity index (χ0v) is 11.1. The molecule has 1 aliphatic rings. The monoisotopic (exact) mass is 280 g/mol. The third-order valence-corrected chi connectivity index (χ3v) is 2.60. The molecule has 1 aliphatic heterocycles. The van der Waals surface area contributed by atoms with Crippen LogP contribution in [-0.2, 0) is 9.53 Å². The van der Waals surface area contributed by atoms with E-state index in [0.717, 1.165) is 6.08 Å². The summed E-state index contributed by atoms with van der Waals surface area (Å²) in [5.41, 5.74) is 0.619. The van der Waals surface area contributed by atoms with E-state index in [2.05, 4.69) is 0 Å². The summed E-state index contributed by atoms with van der Waals surface area (Å²) in [6.45, 7) is 3.52. The zero-order chi connectivity index (χ0) is 14.4. The van der Waals surface area contributed by atoms with Crippen LogP contribution < -0.4 is 14.2 Å². The first-order chi connectivity index (χ1) is 9.70. The second kappa shape index (κ2) is 6.81. The van der Waals surface area contributed by atoms with Crippen LogP contribution in [0.5, 0.6) is 17.2 Å². The molecule has 1 N–H and O–H groups in total. The Morgan fingerprint density at radius 1 is 1.35 bits per heavy atom. The van der Waals surface area contributed by atoms with Gasteiger partial charge in [0.15, 0.2) is 11.5 Å². The molecule has 0 unspecified atom stereocenters. The van der Waals surface area contributed by atoms with E-state index in [-0.39, 0.29) is 6.79 Å². The molecule has 108 valence electrons. The van der Waals surface area contributed by atoms with Crippen molar-refractivity contribution in [3.05, 3.63) is 23.8 Å². The fourth-order valence-corrected chi connectivity index (χ4v) is 1.71. The number of fused-ring (bicyclic) bond motifs is 1. The van der Waals surface area contributed by atoms with Gasteiger partial charge in [0.25, 0.3) is 0 Å². The van der Waals surface area contributed by atoms with Crippen molar-refractivity contribution in [3.8, 4) is 17.2 Å². The Kier molecular flexibility index (Phi) is 4.84. The average Bonchev–Trinajstić information content (AvgIpc) is 2.87. The van der Waals surface area contributed by atoms with E-state index < -0.39 is 5.97 Å². The number of ether oxygens (including phenoxy) is 4. The second-order valence-corrected chi connectivity index (χ2v) is 3.96. The largest absolute Gasteiger partial charge is 0.490 e. The summed E-state index contributed by atoms with van der Waals surface area (Å²) in [5, 5.41) is 8.70. The molecular formula is C14H16O6. The SMILES string of the molecule is CCOCCOc1cc2c(cc1C=CC(=O)O)OCO2. The van der Waals surface area contributed by atoms with Crippen molar-refractivity contribution in [2.24, 2.45) is 0 Å². The highest BCUT2D eigenvalue weighted by Gasteiger charge is 2.17. The van der Waals surface area contributed by atoms with Gasteiger partial charge in [-0.05, 0) is 19.1 Å². The Morgan fingerprint density at radius 2 is 2.10 bits per heavy atom. The maximum Gasteiger partial charge on any atom is 0.328 e. The van der Waals surface area contributed by atoms with Gasteiger partial charge in [-0.25, -0.2) is 4.79 Å². The highest BCUT2D eigenvalue weighted by Crippen LogP contribution is 2.38. The van der Waals surface area contributed by atoms with Crippen LogP contribution in [0, 0.1) is 0 Å². The summed E-state index contributed by atoms with van der Waals surface area (Å²) in [7, 11) is 0. The van der Waals surface area contributed by atoms with Crippen LogP contribution in [0.2, 0.25) is 0 Å². The third kappa shape index (κ3) is 3.64. The molecule has 0 aromatic heterocycles. The number of carboxylic acids is 1. The molecule has 0 fully saturated rings. The molecule has 0 saturated heterocycles. The molecule has 0 amide bonds. The predicted molar refractivity (Wildman–Crippen MR) is 71.2 cm³/mol. The summed E-state index contributed by atoms with van der Waals surface area (Å²) in [6.07, 6.45) is 2.51. The van der Waals surface area contributed by atoms with Crippen LogP contribution in [0.1, 0.15) is 12.5 Å². The topological polar surface area (TPSA) is 74.2 Å². The summed E-state index contributed by atoms with van der Waals surface area (Å²) >= 11 is 0. The summed E-state index contributed by atoms with van der Waals surface area (Å²) in [5.74, 6) is 0.672. The number of carbonyl (C=O) groups is 1. The molecular weight excluding hydrogens is 264 g/mol. The lowest BCUT2D eigenvalue weighted by atomic mass is 10.1. The number of benzene rings is 1. The molecule has 20 heavy (non-hydrogen) atoms. The molecule has 0 aliphatic carbocycles. The van der Waals surface area contributed by atoms with E-state index in [1.54, 1.807) is 12.1 Å². The molecule has 0 radical (unpaired) electrons. The van der Waals surface area contributed by atoms with Crippen molar-refractivity contribution in [1.29, 1.82) is 0 Å². The van der Waals surface area contributed by atoms with Crippen LogP contribution in [0.4, 0.5) is 0 Å². The van der Waals surface area contributed by atoms with Gasteiger partial charge in [-0.1, -0.05) is 0 Å². The first kappa shape index (κ1) is 14.2. The molecule has 6 heteroatoms. The molecule has 1 aromatic rings. The van der Waals surface area contributed by atoms with E-state index in [1.807, 2.05) is 6.92 Å². The molecule has 0 atom stereocenters. The van der Waals surface area contributed by atoms with Crippen LogP contribution in [0.15, 0.2) is 18.2 Å². The standard InChI is InChI=1S/C14H16O6/c1-2-17-5-6-18-11-8-13-12(19-9-20-13)7-10(11)3-4-14(15)16/h3-4,7-8H,2,5-6,9H2,1H3,(H,15,16). The van der Waals surface area contributed by atoms with E-state index in [9.17, 15) is 4.79 Å². The maximum absolute atomic E-state index is 10.6. The second-order valence-electron chi connectivity index (χ2n) is 3.96. The van der Waals surface area contributed by atoms with Gasteiger partial charge in [-0.15, -0.1) is 0 Å². The van der Waals surface area contributed by atoms with E-state index in [1.165, 1.54) is 6.08 Å². The van der Waals surface area contributed by atoms with Crippen LogP contribution in [0.3, 0.4) is 0 Å². The number of aliphatic carboxylic acids is 1. The van der Waals surface area contributed by atoms with E-state index >= 15 is 0 Å². The average molecular weight is 280 g/mol. The van der Waals surface area contributed by atoms with Gasteiger partial charge in [0.1, 0.15) is 12.4 Å². The highest BCUT2D eigenvalue weighted by atomic mass is 16.7. The molecule has 1 heterocycles. The lowest BCUT2D eigenvalue weighted by molar-refractivity contribution is -0.131. The Morgan fingerprint density at radius 3 is 2.80 bits per heavy atom. The lowest BCUT2D eigenvalue weighted by Gasteiger charge is -2.10. The lowest BCUT2D eigenvalue weighted by Crippen LogP contribution is -2.07. The minimum atomic E-state index is -1.03. The van der Waals surface area contributed by atoms with Gasteiger partial charge < -0.3 is 24.1 Å². The van der Waals surface area contributed by atoms with Gasteiger partial charge in [-0.2, -0.15) is 0 Å². The number of carboxylic acid groups (broad SMARTS) is 1. The maximum atomic E-state index is 10.6. The number of rotatable bonds is 7. The molecule has 2 rings (SSSR count). The van der Waals surface area contributed by atoms with Gasteiger partial charge in [0.05, 0.1) is 6.61 Å². The highest BCUT2D eigenvalue weighted by molar-refractivity contribution is 5.86. The Hall–Kier alpha value is -2.21. The van der Waals surface area contributed by atoms with Crippen molar-refractivity contribution in [3.63, 3.8) is 0 Å². The van der Waals surface area contributed by atoms with Gasteiger partial charge >= 0.3 is 5.97 Å². The van der Waals surface area contributed by atoms with Crippen LogP contribution in [0.25, 0.3) is 6.08 Å². The van der Waals surface area contributed by atoms with Gasteiger partial charge in [0.2, 0.25) is 6.79 Å². The zero-order valence-electron chi connectivity index (χ0n) is 11.1. The Bertz CT molecular complexity index is 509. The van der Waals surface area contributed by atoms with Crippen molar-refractivity contribution >= 4 is 12.0 Å². The summed E-state index contributed by atoms with van der Waals surface area (Å²) in [4.78, 5) is 10.6. The van der Waals surface area contributed by atoms with Gasteiger partial charge in [-0.3, -0.25) is 0 Å². The Balaban J connectivity index is 2.16. The fraction of sp³-hybridized carbons (Fsp3) is 0.357. The molecule has 0 saturated carbocycles. The van der Waals surface area contributed by atoms with Crippen LogP contribution >= 0.6 is 0 Å². The summed E-state index contributed by atoms with van der Waals surface area (Å²) < 4.78 is 21.3. The molecule has 6 nitrogen and oxygen atoms in total. The molecule has 1 aromatic carbocycles. The van der Waals surface area contributed by atoms with E-state index in [0.29, 0.717) is 42.6 Å². The first-order valence-electron chi connectivity index (χ1n) is 6.26. The van der Waals surface area contributed by atoms with E-state index in [4.69, 9.17) is 24.1 Å². The van der Waals surface area contributed by atoms with Crippen molar-refractivity contribution in [2.45, 2.75) is 6.92 Å². The minimum Gasteiger partial charge on any atom is -0.490 e. The predicted octanol–water partition coefficient (Wildman–Crippen LogP) is 1.93. The minimum absolute atomic E-state index is 0.153. The smallest absolute Gasteiger partial charge is 0.328 e. The quantitative estimate of drug-likeness (QED) is 0.607. The normalized spacial score (nSPS) is 12.8. The third-order valence-electron chi connectivity index (χ3n) is 2.60. The summed E-state index contributed by atoms with van der Waals surface area (Å²) in [6, 6.07) is 3.38. The van der Waals surface area contributed by atoms with Crippen LogP contribution in [-0.4, -0.2) is 37.7 Å².